The largest absolute Gasteiger partial charge is 0.394 e. The zero-order chi connectivity index (χ0) is 12.1. The van der Waals surface area contributed by atoms with E-state index in [0.29, 0.717) is 12.0 Å². The van der Waals surface area contributed by atoms with Crippen LogP contribution in [0.15, 0.2) is 22.7 Å². The number of rotatable bonds is 4. The van der Waals surface area contributed by atoms with E-state index in [2.05, 4.69) is 21.2 Å². The molecular weight excluding hydrogens is 270 g/mol. The minimum Gasteiger partial charge on any atom is -0.394 e. The van der Waals surface area contributed by atoms with Crippen LogP contribution in [0.25, 0.3) is 0 Å². The highest BCUT2D eigenvalue weighted by molar-refractivity contribution is 9.10. The Morgan fingerprint density at radius 2 is 2.25 bits per heavy atom. The Labute approximate surface area is 104 Å². The Kier molecular flexibility index (Phi) is 4.96. The smallest absolute Gasteiger partial charge is 0.252 e. The number of carbonyl (C=O) groups excluding carboxylic acids is 1. The van der Waals surface area contributed by atoms with Crippen LogP contribution in [0.3, 0.4) is 0 Å². The molecule has 4 heteroatoms. The molecule has 16 heavy (non-hydrogen) atoms. The van der Waals surface area contributed by atoms with E-state index in [4.69, 9.17) is 5.11 Å². The van der Waals surface area contributed by atoms with Crippen molar-refractivity contribution in [3.8, 4) is 0 Å². The van der Waals surface area contributed by atoms with Gasteiger partial charge in [-0.1, -0.05) is 13.0 Å². The van der Waals surface area contributed by atoms with E-state index in [9.17, 15) is 4.79 Å². The second kappa shape index (κ2) is 6.01. The molecule has 0 spiro atoms. The molecule has 0 fully saturated rings. The maximum Gasteiger partial charge on any atom is 0.252 e. The lowest BCUT2D eigenvalue weighted by atomic mass is 10.1. The van der Waals surface area contributed by atoms with Crippen molar-refractivity contribution < 1.29 is 9.90 Å². The first kappa shape index (κ1) is 13.2. The monoisotopic (exact) mass is 285 g/mol. The Hall–Kier alpha value is -0.870. The van der Waals surface area contributed by atoms with Gasteiger partial charge in [-0.3, -0.25) is 4.79 Å². The zero-order valence-corrected chi connectivity index (χ0v) is 11.0. The molecule has 0 bridgehead atoms. The van der Waals surface area contributed by atoms with Gasteiger partial charge >= 0.3 is 0 Å². The van der Waals surface area contributed by atoms with E-state index >= 15 is 0 Å². The Morgan fingerprint density at radius 1 is 1.56 bits per heavy atom. The van der Waals surface area contributed by atoms with E-state index in [-0.39, 0.29) is 18.6 Å². The summed E-state index contributed by atoms with van der Waals surface area (Å²) in [4.78, 5) is 11.9. The van der Waals surface area contributed by atoms with Crippen LogP contribution >= 0.6 is 15.9 Å². The molecule has 1 atom stereocenters. The van der Waals surface area contributed by atoms with Gasteiger partial charge in [0, 0.05) is 4.47 Å². The molecule has 0 radical (unpaired) electrons. The van der Waals surface area contributed by atoms with Gasteiger partial charge in [0.25, 0.3) is 5.91 Å². The van der Waals surface area contributed by atoms with Gasteiger partial charge in [-0.25, -0.2) is 0 Å². The van der Waals surface area contributed by atoms with Gasteiger partial charge in [0.1, 0.15) is 0 Å². The topological polar surface area (TPSA) is 49.3 Å². The highest BCUT2D eigenvalue weighted by Crippen LogP contribution is 2.18. The van der Waals surface area contributed by atoms with Crippen molar-refractivity contribution in [2.75, 3.05) is 6.61 Å². The number of aliphatic hydroxyl groups excluding tert-OH is 1. The van der Waals surface area contributed by atoms with Gasteiger partial charge in [-0.05, 0) is 47.0 Å². The molecule has 1 aromatic rings. The number of hydrogen-bond donors (Lipinski definition) is 2. The van der Waals surface area contributed by atoms with Crippen LogP contribution in [0.5, 0.6) is 0 Å². The molecule has 0 heterocycles. The number of aryl methyl sites for hydroxylation is 1. The third kappa shape index (κ3) is 3.32. The van der Waals surface area contributed by atoms with Gasteiger partial charge < -0.3 is 10.4 Å². The van der Waals surface area contributed by atoms with Crippen LogP contribution in [0.1, 0.15) is 29.3 Å². The number of halogens is 1. The van der Waals surface area contributed by atoms with Gasteiger partial charge in [0.15, 0.2) is 0 Å². The van der Waals surface area contributed by atoms with E-state index in [0.717, 1.165) is 10.0 Å². The Morgan fingerprint density at radius 3 is 2.75 bits per heavy atom. The molecule has 0 unspecified atom stereocenters. The van der Waals surface area contributed by atoms with Crippen molar-refractivity contribution in [3.05, 3.63) is 33.8 Å². The molecular formula is C12H16BrNO2. The quantitative estimate of drug-likeness (QED) is 0.892. The van der Waals surface area contributed by atoms with Crippen LogP contribution < -0.4 is 5.32 Å². The molecule has 0 saturated carbocycles. The minimum atomic E-state index is -0.180. The molecule has 1 aromatic carbocycles. The van der Waals surface area contributed by atoms with Crippen LogP contribution in [0, 0.1) is 6.92 Å². The first-order valence-electron chi connectivity index (χ1n) is 5.26. The molecule has 2 N–H and O–H groups in total. The second-order valence-electron chi connectivity index (χ2n) is 3.74. The van der Waals surface area contributed by atoms with Crippen molar-refractivity contribution >= 4 is 21.8 Å². The third-order valence-corrected chi connectivity index (χ3v) is 3.07. The molecule has 0 aliphatic heterocycles. The molecule has 88 valence electrons. The number of benzene rings is 1. The van der Waals surface area contributed by atoms with E-state index in [1.54, 1.807) is 6.07 Å². The van der Waals surface area contributed by atoms with Gasteiger partial charge in [0.2, 0.25) is 0 Å². The highest BCUT2D eigenvalue weighted by atomic mass is 79.9. The molecule has 1 amide bonds. The fourth-order valence-electron chi connectivity index (χ4n) is 1.34. The lowest BCUT2D eigenvalue weighted by Gasteiger charge is -2.14. The Balaban J connectivity index is 2.80. The molecule has 0 aliphatic carbocycles. The third-order valence-electron chi connectivity index (χ3n) is 2.42. The summed E-state index contributed by atoms with van der Waals surface area (Å²) >= 11 is 3.36. The number of carbonyl (C=O) groups is 1. The molecule has 0 aliphatic rings. The van der Waals surface area contributed by atoms with E-state index in [1.165, 1.54) is 0 Å². The van der Waals surface area contributed by atoms with Gasteiger partial charge in [-0.2, -0.15) is 0 Å². The molecule has 1 rings (SSSR count). The summed E-state index contributed by atoms with van der Waals surface area (Å²) in [5.41, 5.74) is 1.69. The summed E-state index contributed by atoms with van der Waals surface area (Å²) < 4.78 is 0.776. The summed E-state index contributed by atoms with van der Waals surface area (Å²) in [6, 6.07) is 5.38. The predicted octanol–water partition coefficient (Wildman–Crippen LogP) is 2.26. The number of hydrogen-bond acceptors (Lipinski definition) is 2. The normalized spacial score (nSPS) is 12.2. The standard InChI is InChI=1S/C12H16BrNO2/c1-3-9(7-15)14-12(16)10-5-4-8(2)6-11(10)13/h4-6,9,15H,3,7H2,1-2H3,(H,14,16)/t9-/m1/s1. The molecule has 0 aromatic heterocycles. The fourth-order valence-corrected chi connectivity index (χ4v) is 2.02. The van der Waals surface area contributed by atoms with Crippen molar-refractivity contribution in [3.63, 3.8) is 0 Å². The maximum atomic E-state index is 11.9. The summed E-state index contributed by atoms with van der Waals surface area (Å²) in [7, 11) is 0. The average molecular weight is 286 g/mol. The number of amides is 1. The summed E-state index contributed by atoms with van der Waals surface area (Å²) in [6.07, 6.45) is 0.714. The highest BCUT2D eigenvalue weighted by Gasteiger charge is 2.13. The van der Waals surface area contributed by atoms with Crippen molar-refractivity contribution in [1.82, 2.24) is 5.32 Å². The SMILES string of the molecule is CC[C@H](CO)NC(=O)c1ccc(C)cc1Br. The lowest BCUT2D eigenvalue weighted by Crippen LogP contribution is -2.37. The maximum absolute atomic E-state index is 11.9. The summed E-state index contributed by atoms with van der Waals surface area (Å²) in [6.45, 7) is 3.85. The van der Waals surface area contributed by atoms with Crippen molar-refractivity contribution in [2.45, 2.75) is 26.3 Å². The minimum absolute atomic E-state index is 0.0360. The number of nitrogens with one attached hydrogen (secondary N) is 1. The summed E-state index contributed by atoms with van der Waals surface area (Å²) in [5, 5.41) is 11.8. The predicted molar refractivity (Wildman–Crippen MR) is 67.5 cm³/mol. The van der Waals surface area contributed by atoms with Crippen LogP contribution in [0.4, 0.5) is 0 Å². The van der Waals surface area contributed by atoms with Gasteiger partial charge in [-0.15, -0.1) is 0 Å². The van der Waals surface area contributed by atoms with E-state index in [1.807, 2.05) is 26.0 Å². The average Bonchev–Trinajstić information content (AvgIpc) is 2.25. The molecule has 3 nitrogen and oxygen atoms in total. The van der Waals surface area contributed by atoms with Crippen LogP contribution in [0.2, 0.25) is 0 Å². The zero-order valence-electron chi connectivity index (χ0n) is 9.46. The number of aliphatic hydroxyl groups is 1. The van der Waals surface area contributed by atoms with Crippen LogP contribution in [-0.2, 0) is 0 Å². The summed E-state index contributed by atoms with van der Waals surface area (Å²) in [5.74, 6) is -0.159. The van der Waals surface area contributed by atoms with Crippen LogP contribution in [-0.4, -0.2) is 23.7 Å². The molecule has 0 saturated heterocycles. The lowest BCUT2D eigenvalue weighted by molar-refractivity contribution is 0.0914. The van der Waals surface area contributed by atoms with Gasteiger partial charge in [0.05, 0.1) is 18.2 Å². The van der Waals surface area contributed by atoms with Crippen molar-refractivity contribution in [1.29, 1.82) is 0 Å². The first-order chi connectivity index (χ1) is 7.58. The fraction of sp³-hybridized carbons (Fsp3) is 0.417. The second-order valence-corrected chi connectivity index (χ2v) is 4.60. The van der Waals surface area contributed by atoms with E-state index < -0.39 is 0 Å². The van der Waals surface area contributed by atoms with Crippen molar-refractivity contribution in [2.24, 2.45) is 0 Å². The Bertz CT molecular complexity index is 375. The first-order valence-corrected chi connectivity index (χ1v) is 6.05.